The zero-order valence-corrected chi connectivity index (χ0v) is 15.0. The number of amides is 1. The maximum absolute atomic E-state index is 12.6. The molecule has 0 atom stereocenters. The molecule has 0 bridgehead atoms. The van der Waals surface area contributed by atoms with E-state index in [1.807, 2.05) is 26.2 Å². The first-order chi connectivity index (χ1) is 12.1. The number of rotatable bonds is 6. The zero-order valence-electron chi connectivity index (χ0n) is 15.0. The Kier molecular flexibility index (Phi) is 5.66. The number of hydrogen-bond acceptors (Lipinski definition) is 4. The maximum atomic E-state index is 12.6. The fourth-order valence-electron chi connectivity index (χ4n) is 3.20. The van der Waals surface area contributed by atoms with Crippen molar-refractivity contribution in [3.05, 3.63) is 59.3 Å². The first-order valence-electron chi connectivity index (χ1n) is 8.85. The number of nitrogens with one attached hydrogen (secondary N) is 1. The Morgan fingerprint density at radius 3 is 2.80 bits per heavy atom. The Bertz CT molecular complexity index is 729. The molecule has 0 unspecified atom stereocenters. The van der Waals surface area contributed by atoms with E-state index in [4.69, 9.17) is 0 Å². The Labute approximate surface area is 149 Å². The number of anilines is 1. The van der Waals surface area contributed by atoms with Crippen molar-refractivity contribution in [1.82, 2.24) is 15.2 Å². The molecule has 0 radical (unpaired) electrons. The van der Waals surface area contributed by atoms with Gasteiger partial charge in [-0.15, -0.1) is 0 Å². The summed E-state index contributed by atoms with van der Waals surface area (Å²) in [5.41, 5.74) is 3.37. The van der Waals surface area contributed by atoms with E-state index in [0.717, 1.165) is 38.3 Å². The summed E-state index contributed by atoms with van der Waals surface area (Å²) in [4.78, 5) is 21.4. The Morgan fingerprint density at radius 1 is 1.20 bits per heavy atom. The van der Waals surface area contributed by atoms with Crippen LogP contribution in [0.5, 0.6) is 0 Å². The number of pyridine rings is 1. The average Bonchev–Trinajstić information content (AvgIpc) is 2.64. The van der Waals surface area contributed by atoms with E-state index >= 15 is 0 Å². The van der Waals surface area contributed by atoms with Crippen LogP contribution in [0.25, 0.3) is 0 Å². The van der Waals surface area contributed by atoms with Crippen LogP contribution in [-0.2, 0) is 13.0 Å². The van der Waals surface area contributed by atoms with Crippen molar-refractivity contribution in [3.63, 3.8) is 0 Å². The van der Waals surface area contributed by atoms with Gasteiger partial charge < -0.3 is 15.1 Å². The van der Waals surface area contributed by atoms with Gasteiger partial charge >= 0.3 is 0 Å². The molecule has 1 amide bonds. The zero-order chi connectivity index (χ0) is 17.6. The number of carbonyl (C=O) groups excluding carboxylic acids is 1. The van der Waals surface area contributed by atoms with E-state index in [1.54, 1.807) is 6.20 Å². The van der Waals surface area contributed by atoms with Crippen LogP contribution in [0.15, 0.2) is 42.6 Å². The third-order valence-corrected chi connectivity index (χ3v) is 4.53. The number of benzene rings is 1. The summed E-state index contributed by atoms with van der Waals surface area (Å²) in [5.74, 6) is 0.739. The molecular formula is C20H26N4O. The minimum atomic E-state index is -0.0410. The summed E-state index contributed by atoms with van der Waals surface area (Å²) >= 11 is 0. The number of nitrogens with zero attached hydrogens (tertiary/aromatic N) is 3. The van der Waals surface area contributed by atoms with E-state index in [9.17, 15) is 4.79 Å². The molecule has 132 valence electrons. The summed E-state index contributed by atoms with van der Waals surface area (Å²) in [6.45, 7) is 3.32. The van der Waals surface area contributed by atoms with Crippen LogP contribution in [0.1, 0.15) is 27.9 Å². The van der Waals surface area contributed by atoms with Crippen molar-refractivity contribution >= 4 is 11.7 Å². The highest BCUT2D eigenvalue weighted by atomic mass is 16.1. The highest BCUT2D eigenvalue weighted by molar-refractivity contribution is 5.98. The molecule has 1 aromatic carbocycles. The van der Waals surface area contributed by atoms with E-state index in [0.29, 0.717) is 12.1 Å². The molecule has 25 heavy (non-hydrogen) atoms. The monoisotopic (exact) mass is 338 g/mol. The first kappa shape index (κ1) is 17.4. The summed E-state index contributed by atoms with van der Waals surface area (Å²) in [6, 6.07) is 12.2. The molecule has 0 fully saturated rings. The number of hydrogen-bond donors (Lipinski definition) is 1. The van der Waals surface area contributed by atoms with Crippen molar-refractivity contribution in [3.8, 4) is 0 Å². The second-order valence-corrected chi connectivity index (χ2v) is 6.73. The van der Waals surface area contributed by atoms with Crippen molar-refractivity contribution < 1.29 is 4.79 Å². The van der Waals surface area contributed by atoms with Crippen molar-refractivity contribution in [2.24, 2.45) is 0 Å². The normalized spacial score (nSPS) is 13.6. The summed E-state index contributed by atoms with van der Waals surface area (Å²) < 4.78 is 0. The minimum absolute atomic E-state index is 0.0410. The lowest BCUT2D eigenvalue weighted by atomic mass is 9.99. The molecule has 0 saturated heterocycles. The average molecular weight is 338 g/mol. The highest BCUT2D eigenvalue weighted by Gasteiger charge is 2.21. The van der Waals surface area contributed by atoms with Crippen LogP contribution in [0, 0.1) is 0 Å². The molecule has 0 saturated carbocycles. The quantitative estimate of drug-likeness (QED) is 0.821. The topological polar surface area (TPSA) is 48.5 Å². The molecule has 3 rings (SSSR count). The van der Waals surface area contributed by atoms with Crippen LogP contribution in [0.4, 0.5) is 5.82 Å². The minimum Gasteiger partial charge on any atom is -0.352 e. The molecule has 5 nitrogen and oxygen atoms in total. The molecule has 1 aliphatic heterocycles. The molecule has 1 aromatic heterocycles. The van der Waals surface area contributed by atoms with Gasteiger partial charge in [0.05, 0.1) is 5.56 Å². The predicted octanol–water partition coefficient (Wildman–Crippen LogP) is 2.33. The van der Waals surface area contributed by atoms with Crippen LogP contribution in [0.3, 0.4) is 0 Å². The van der Waals surface area contributed by atoms with Gasteiger partial charge in [-0.2, -0.15) is 0 Å². The number of aromatic nitrogens is 1. The standard InChI is InChI=1S/C20H26N4O/c1-23(2)13-6-12-22-20(25)18-9-5-11-21-19(18)24-14-10-16-7-3-4-8-17(16)15-24/h3-5,7-9,11H,6,10,12-15H2,1-2H3,(H,22,25). The summed E-state index contributed by atoms with van der Waals surface area (Å²) in [7, 11) is 4.07. The van der Waals surface area contributed by atoms with Gasteiger partial charge in [-0.1, -0.05) is 24.3 Å². The number of carbonyl (C=O) groups is 1. The lowest BCUT2D eigenvalue weighted by Crippen LogP contribution is -2.34. The predicted molar refractivity (Wildman–Crippen MR) is 101 cm³/mol. The van der Waals surface area contributed by atoms with Gasteiger partial charge in [-0.3, -0.25) is 4.79 Å². The van der Waals surface area contributed by atoms with Gasteiger partial charge in [-0.25, -0.2) is 4.98 Å². The highest BCUT2D eigenvalue weighted by Crippen LogP contribution is 2.25. The van der Waals surface area contributed by atoms with Gasteiger partial charge in [-0.05, 0) is 56.7 Å². The third-order valence-electron chi connectivity index (χ3n) is 4.53. The van der Waals surface area contributed by atoms with E-state index < -0.39 is 0 Å². The Hall–Kier alpha value is -2.40. The molecule has 1 N–H and O–H groups in total. The SMILES string of the molecule is CN(C)CCCNC(=O)c1cccnc1N1CCc2ccccc2C1. The second-order valence-electron chi connectivity index (χ2n) is 6.73. The lowest BCUT2D eigenvalue weighted by Gasteiger charge is -2.30. The van der Waals surface area contributed by atoms with E-state index in [-0.39, 0.29) is 5.91 Å². The molecule has 2 aromatic rings. The lowest BCUT2D eigenvalue weighted by molar-refractivity contribution is 0.0952. The fraction of sp³-hybridized carbons (Fsp3) is 0.400. The molecule has 0 spiro atoms. The second kappa shape index (κ2) is 8.12. The van der Waals surface area contributed by atoms with Gasteiger partial charge in [0.25, 0.3) is 5.91 Å². The molecular weight excluding hydrogens is 312 g/mol. The van der Waals surface area contributed by atoms with Crippen LogP contribution in [-0.4, -0.2) is 49.5 Å². The summed E-state index contributed by atoms with van der Waals surface area (Å²) in [6.07, 6.45) is 3.68. The summed E-state index contributed by atoms with van der Waals surface area (Å²) in [5, 5.41) is 3.02. The molecule has 2 heterocycles. The van der Waals surface area contributed by atoms with Crippen LogP contribution < -0.4 is 10.2 Å². The van der Waals surface area contributed by atoms with Gasteiger partial charge in [0.1, 0.15) is 5.82 Å². The first-order valence-corrected chi connectivity index (χ1v) is 8.85. The van der Waals surface area contributed by atoms with Gasteiger partial charge in [0.15, 0.2) is 0 Å². The smallest absolute Gasteiger partial charge is 0.255 e. The van der Waals surface area contributed by atoms with Crippen molar-refractivity contribution in [1.29, 1.82) is 0 Å². The van der Waals surface area contributed by atoms with E-state index in [1.165, 1.54) is 11.1 Å². The molecule has 5 heteroatoms. The third kappa shape index (κ3) is 4.37. The largest absolute Gasteiger partial charge is 0.352 e. The Balaban J connectivity index is 1.70. The van der Waals surface area contributed by atoms with Crippen molar-refractivity contribution in [2.45, 2.75) is 19.4 Å². The molecule has 1 aliphatic rings. The Morgan fingerprint density at radius 2 is 2.00 bits per heavy atom. The van der Waals surface area contributed by atoms with Gasteiger partial charge in [0.2, 0.25) is 0 Å². The van der Waals surface area contributed by atoms with Crippen molar-refractivity contribution in [2.75, 3.05) is 38.6 Å². The van der Waals surface area contributed by atoms with E-state index in [2.05, 4.69) is 44.4 Å². The van der Waals surface area contributed by atoms with Crippen LogP contribution in [0.2, 0.25) is 0 Å². The maximum Gasteiger partial charge on any atom is 0.255 e. The van der Waals surface area contributed by atoms with Crippen LogP contribution >= 0.6 is 0 Å². The van der Waals surface area contributed by atoms with Gasteiger partial charge in [0, 0.05) is 25.8 Å². The fourth-order valence-corrected chi connectivity index (χ4v) is 3.20. The number of fused-ring (bicyclic) bond motifs is 1. The molecule has 0 aliphatic carbocycles.